The summed E-state index contributed by atoms with van der Waals surface area (Å²) in [4.78, 5) is 4.30. The van der Waals surface area contributed by atoms with Crippen molar-refractivity contribution in [1.29, 1.82) is 0 Å². The first-order valence-corrected chi connectivity index (χ1v) is 5.78. The van der Waals surface area contributed by atoms with Crippen molar-refractivity contribution in [2.45, 2.75) is 0 Å². The van der Waals surface area contributed by atoms with E-state index in [9.17, 15) is 5.11 Å². The zero-order chi connectivity index (χ0) is 9.42. The summed E-state index contributed by atoms with van der Waals surface area (Å²) in [5.74, 6) is 0.242. The molecule has 0 saturated carbocycles. The van der Waals surface area contributed by atoms with Gasteiger partial charge >= 0.3 is 0 Å². The molecule has 0 aliphatic rings. The van der Waals surface area contributed by atoms with Gasteiger partial charge < -0.3 is 5.11 Å². The lowest BCUT2D eigenvalue weighted by molar-refractivity contribution is 0.480. The van der Waals surface area contributed by atoms with Crippen LogP contribution in [0.4, 0.5) is 0 Å². The minimum atomic E-state index is 0.242. The van der Waals surface area contributed by atoms with Crippen molar-refractivity contribution in [3.05, 3.63) is 31.5 Å². The lowest BCUT2D eigenvalue weighted by Crippen LogP contribution is -1.87. The number of fused-ring (bicyclic) bond motifs is 1. The molecule has 2 aromatic rings. The molecular formula is C9H5I2NO. The monoisotopic (exact) mass is 397 g/mol. The van der Waals surface area contributed by atoms with Crippen LogP contribution in [0.25, 0.3) is 10.9 Å². The number of phenolic OH excluding ortho intramolecular Hbond substituents is 1. The number of nitrogens with zero attached hydrogens (tertiary/aromatic N) is 1. The Bertz CT molecular complexity index is 470. The number of aromatic nitrogens is 1. The summed E-state index contributed by atoms with van der Waals surface area (Å²) in [6, 6.07) is 7.44. The van der Waals surface area contributed by atoms with Crippen LogP contribution in [-0.4, -0.2) is 10.1 Å². The molecule has 0 atom stereocenters. The van der Waals surface area contributed by atoms with Crippen LogP contribution in [0.1, 0.15) is 0 Å². The van der Waals surface area contributed by atoms with Gasteiger partial charge in [-0.1, -0.05) is 12.1 Å². The van der Waals surface area contributed by atoms with Crippen molar-refractivity contribution < 1.29 is 5.11 Å². The lowest BCUT2D eigenvalue weighted by Gasteiger charge is -2.01. The maximum atomic E-state index is 9.52. The second kappa shape index (κ2) is 3.56. The Morgan fingerprint density at radius 1 is 1.23 bits per heavy atom. The zero-order valence-corrected chi connectivity index (χ0v) is 10.8. The summed E-state index contributed by atoms with van der Waals surface area (Å²) in [5.41, 5.74) is 0.673. The summed E-state index contributed by atoms with van der Waals surface area (Å²) in [5, 5.41) is 10.5. The van der Waals surface area contributed by atoms with Crippen molar-refractivity contribution in [3.63, 3.8) is 0 Å². The van der Waals surface area contributed by atoms with E-state index in [1.165, 1.54) is 0 Å². The first-order chi connectivity index (χ1) is 6.18. The van der Waals surface area contributed by atoms with Gasteiger partial charge in [-0.2, -0.15) is 0 Å². The molecule has 0 fully saturated rings. The maximum absolute atomic E-state index is 9.52. The van der Waals surface area contributed by atoms with Crippen molar-refractivity contribution >= 4 is 56.1 Å². The number of hydrogen-bond donors (Lipinski definition) is 1. The van der Waals surface area contributed by atoms with E-state index >= 15 is 0 Å². The zero-order valence-electron chi connectivity index (χ0n) is 6.46. The summed E-state index contributed by atoms with van der Waals surface area (Å²) in [6.45, 7) is 0. The van der Waals surface area contributed by atoms with E-state index in [1.807, 2.05) is 18.2 Å². The first kappa shape index (κ1) is 9.45. The molecule has 1 N–H and O–H groups in total. The molecule has 0 aliphatic heterocycles. The van der Waals surface area contributed by atoms with Gasteiger partial charge in [0.2, 0.25) is 0 Å². The molecule has 0 radical (unpaired) electrons. The SMILES string of the molecule is Oc1cccc2cc(I)c(I)nc12. The highest BCUT2D eigenvalue weighted by Crippen LogP contribution is 2.25. The van der Waals surface area contributed by atoms with Crippen LogP contribution in [-0.2, 0) is 0 Å². The van der Waals surface area contributed by atoms with Gasteiger partial charge in [0.05, 0.1) is 0 Å². The second-order valence-electron chi connectivity index (χ2n) is 2.61. The number of rotatable bonds is 0. The highest BCUT2D eigenvalue weighted by molar-refractivity contribution is 14.1. The second-order valence-corrected chi connectivity index (χ2v) is 4.79. The van der Waals surface area contributed by atoms with Gasteiger partial charge in [0.1, 0.15) is 15.0 Å². The number of pyridine rings is 1. The van der Waals surface area contributed by atoms with Gasteiger partial charge in [-0.25, -0.2) is 4.98 Å². The first-order valence-electron chi connectivity index (χ1n) is 3.62. The molecule has 66 valence electrons. The van der Waals surface area contributed by atoms with E-state index < -0.39 is 0 Å². The quantitative estimate of drug-likeness (QED) is 0.548. The van der Waals surface area contributed by atoms with Gasteiger partial charge in [0, 0.05) is 8.96 Å². The highest BCUT2D eigenvalue weighted by atomic mass is 127. The normalized spacial score (nSPS) is 10.6. The minimum absolute atomic E-state index is 0.242. The third-order valence-corrected chi connectivity index (χ3v) is 4.41. The Morgan fingerprint density at radius 2 is 2.00 bits per heavy atom. The summed E-state index contributed by atoms with van der Waals surface area (Å²) in [7, 11) is 0. The van der Waals surface area contributed by atoms with E-state index in [0.29, 0.717) is 5.52 Å². The topological polar surface area (TPSA) is 33.1 Å². The number of hydrogen-bond acceptors (Lipinski definition) is 2. The summed E-state index contributed by atoms with van der Waals surface area (Å²) in [6.07, 6.45) is 0. The minimum Gasteiger partial charge on any atom is -0.506 e. The Kier molecular flexibility index (Phi) is 2.59. The van der Waals surface area contributed by atoms with Crippen molar-refractivity contribution in [2.24, 2.45) is 0 Å². The molecule has 0 saturated heterocycles. The highest BCUT2D eigenvalue weighted by Gasteiger charge is 2.04. The average Bonchev–Trinajstić information content (AvgIpc) is 2.09. The Labute approximate surface area is 103 Å². The fraction of sp³-hybridized carbons (Fsp3) is 0. The molecule has 2 nitrogen and oxygen atoms in total. The van der Waals surface area contributed by atoms with Gasteiger partial charge in [0.15, 0.2) is 0 Å². The van der Waals surface area contributed by atoms with Crippen molar-refractivity contribution in [1.82, 2.24) is 4.98 Å². The Morgan fingerprint density at radius 3 is 2.77 bits per heavy atom. The fourth-order valence-corrected chi connectivity index (χ4v) is 1.99. The molecule has 0 amide bonds. The average molecular weight is 397 g/mol. The van der Waals surface area contributed by atoms with Gasteiger partial charge in [-0.05, 0) is 57.3 Å². The largest absolute Gasteiger partial charge is 0.506 e. The molecule has 0 aliphatic carbocycles. The van der Waals surface area contributed by atoms with Crippen LogP contribution in [0.15, 0.2) is 24.3 Å². The van der Waals surface area contributed by atoms with Gasteiger partial charge in [0.25, 0.3) is 0 Å². The van der Waals surface area contributed by atoms with Crippen LogP contribution in [0.5, 0.6) is 5.75 Å². The van der Waals surface area contributed by atoms with Crippen molar-refractivity contribution in [3.8, 4) is 5.75 Å². The predicted octanol–water partition coefficient (Wildman–Crippen LogP) is 3.15. The predicted molar refractivity (Wildman–Crippen MR) is 68.8 cm³/mol. The maximum Gasteiger partial charge on any atom is 0.141 e. The number of phenols is 1. The van der Waals surface area contributed by atoms with Crippen LogP contribution < -0.4 is 0 Å². The molecule has 1 heterocycles. The molecule has 4 heteroatoms. The molecule has 13 heavy (non-hydrogen) atoms. The molecule has 0 spiro atoms. The molecular weight excluding hydrogens is 392 g/mol. The van der Waals surface area contributed by atoms with Crippen molar-refractivity contribution in [2.75, 3.05) is 0 Å². The molecule has 0 unspecified atom stereocenters. The van der Waals surface area contributed by atoms with E-state index in [1.54, 1.807) is 6.07 Å². The number of benzene rings is 1. The summed E-state index contributed by atoms with van der Waals surface area (Å²) < 4.78 is 2.03. The Balaban J connectivity index is 2.89. The molecule has 2 rings (SSSR count). The standard InChI is InChI=1S/C9H5I2NO/c10-6-4-5-2-1-3-7(13)8(5)12-9(6)11/h1-4,13H. The van der Waals surface area contributed by atoms with Gasteiger partial charge in [-0.3, -0.25) is 0 Å². The van der Waals surface area contributed by atoms with Crippen LogP contribution in [0.2, 0.25) is 0 Å². The number of para-hydroxylation sites is 1. The lowest BCUT2D eigenvalue weighted by atomic mass is 10.2. The molecule has 1 aromatic carbocycles. The number of halogens is 2. The molecule has 0 bridgehead atoms. The van der Waals surface area contributed by atoms with E-state index in [2.05, 4.69) is 50.2 Å². The molecule has 1 aromatic heterocycles. The van der Waals surface area contributed by atoms with Gasteiger partial charge in [-0.15, -0.1) is 0 Å². The van der Waals surface area contributed by atoms with E-state index in [-0.39, 0.29) is 5.75 Å². The third-order valence-electron chi connectivity index (χ3n) is 1.74. The number of aromatic hydroxyl groups is 1. The van der Waals surface area contributed by atoms with E-state index in [0.717, 1.165) is 12.7 Å². The smallest absolute Gasteiger partial charge is 0.141 e. The van der Waals surface area contributed by atoms with Crippen LogP contribution >= 0.6 is 45.2 Å². The van der Waals surface area contributed by atoms with Crippen LogP contribution in [0.3, 0.4) is 0 Å². The fourth-order valence-electron chi connectivity index (χ4n) is 1.13. The Hall–Kier alpha value is -0.110. The third kappa shape index (κ3) is 1.74. The van der Waals surface area contributed by atoms with E-state index in [4.69, 9.17) is 0 Å². The van der Waals surface area contributed by atoms with Crippen LogP contribution in [0, 0.1) is 7.27 Å². The summed E-state index contributed by atoms with van der Waals surface area (Å²) >= 11 is 4.39.